The standard InChI is InChI=1S/C25H26ClN5O5/c1-3-36-24(33)19-10-11-27-22(19)15-4-9-21(28-13-15)30-23(32)20-12-18(35-2)14-31(20)25(34)29-17-7-5-16(26)6-8-17/h4-11,13,18,20,27H,3,12,14H2,1-2H3,(H,29,34)(H,28,30,32)/t18-,20-/m1/s1. The summed E-state index contributed by atoms with van der Waals surface area (Å²) in [6, 6.07) is 10.5. The molecule has 0 spiro atoms. The molecular weight excluding hydrogens is 486 g/mol. The Morgan fingerprint density at radius 3 is 2.58 bits per heavy atom. The van der Waals surface area contributed by atoms with Gasteiger partial charge in [0.25, 0.3) is 0 Å². The summed E-state index contributed by atoms with van der Waals surface area (Å²) < 4.78 is 10.5. The largest absolute Gasteiger partial charge is 0.462 e. The number of amides is 3. The number of aromatic nitrogens is 2. The molecule has 11 heteroatoms. The molecule has 2 atom stereocenters. The number of ether oxygens (including phenoxy) is 2. The molecule has 4 rings (SSSR count). The van der Waals surface area contributed by atoms with Crippen LogP contribution in [0.2, 0.25) is 5.02 Å². The van der Waals surface area contributed by atoms with E-state index in [1.807, 2.05) is 0 Å². The number of carbonyl (C=O) groups excluding carboxylic acids is 3. The maximum absolute atomic E-state index is 13.1. The summed E-state index contributed by atoms with van der Waals surface area (Å²) in [6.45, 7) is 2.28. The van der Waals surface area contributed by atoms with Crippen LogP contribution in [0.3, 0.4) is 0 Å². The fraction of sp³-hybridized carbons (Fsp3) is 0.280. The minimum absolute atomic E-state index is 0.268. The van der Waals surface area contributed by atoms with E-state index in [1.165, 1.54) is 4.90 Å². The first-order valence-electron chi connectivity index (χ1n) is 11.4. The number of carbonyl (C=O) groups is 3. The lowest BCUT2D eigenvalue weighted by atomic mass is 10.1. The van der Waals surface area contributed by atoms with Crippen LogP contribution in [-0.2, 0) is 14.3 Å². The topological polar surface area (TPSA) is 126 Å². The quantitative estimate of drug-likeness (QED) is 0.409. The van der Waals surface area contributed by atoms with Crippen molar-refractivity contribution in [3.63, 3.8) is 0 Å². The van der Waals surface area contributed by atoms with Crippen molar-refractivity contribution in [2.75, 3.05) is 30.9 Å². The highest BCUT2D eigenvalue weighted by molar-refractivity contribution is 6.30. The van der Waals surface area contributed by atoms with Crippen LogP contribution in [0.4, 0.5) is 16.3 Å². The van der Waals surface area contributed by atoms with Gasteiger partial charge >= 0.3 is 12.0 Å². The number of pyridine rings is 1. The van der Waals surface area contributed by atoms with E-state index in [-0.39, 0.29) is 25.2 Å². The van der Waals surface area contributed by atoms with Gasteiger partial charge in [0.15, 0.2) is 0 Å². The molecule has 3 N–H and O–H groups in total. The van der Waals surface area contributed by atoms with Crippen LogP contribution in [0.5, 0.6) is 0 Å². The van der Waals surface area contributed by atoms with Gasteiger partial charge in [0.05, 0.1) is 24.0 Å². The van der Waals surface area contributed by atoms with Gasteiger partial charge in [-0.25, -0.2) is 14.6 Å². The number of urea groups is 1. The molecule has 188 valence electrons. The van der Waals surface area contributed by atoms with Crippen molar-refractivity contribution < 1.29 is 23.9 Å². The average molecular weight is 512 g/mol. The number of rotatable bonds is 7. The van der Waals surface area contributed by atoms with Gasteiger partial charge in [-0.15, -0.1) is 0 Å². The Labute approximate surface area is 212 Å². The third-order valence-corrected chi connectivity index (χ3v) is 6.05. The minimum atomic E-state index is -0.748. The van der Waals surface area contributed by atoms with E-state index in [9.17, 15) is 14.4 Å². The molecular formula is C25H26ClN5O5. The normalized spacial score (nSPS) is 17.0. The Bertz CT molecular complexity index is 1230. The number of halogens is 1. The molecule has 1 aromatic carbocycles. The van der Waals surface area contributed by atoms with Gasteiger partial charge in [0, 0.05) is 48.7 Å². The molecule has 1 aliphatic rings. The number of hydrogen-bond acceptors (Lipinski definition) is 6. The summed E-state index contributed by atoms with van der Waals surface area (Å²) in [5.41, 5.74) is 2.19. The maximum atomic E-state index is 13.1. The van der Waals surface area contributed by atoms with Crippen molar-refractivity contribution in [3.05, 3.63) is 65.4 Å². The Balaban J connectivity index is 1.44. The maximum Gasteiger partial charge on any atom is 0.340 e. The molecule has 3 heterocycles. The first-order chi connectivity index (χ1) is 17.4. The van der Waals surface area contributed by atoms with Crippen molar-refractivity contribution >= 4 is 41.0 Å². The number of benzene rings is 1. The number of anilines is 2. The molecule has 1 aliphatic heterocycles. The summed E-state index contributed by atoms with van der Waals surface area (Å²) in [6.07, 6.45) is 3.26. The summed E-state index contributed by atoms with van der Waals surface area (Å²) >= 11 is 5.91. The van der Waals surface area contributed by atoms with Crippen molar-refractivity contribution in [1.29, 1.82) is 0 Å². The van der Waals surface area contributed by atoms with Gasteiger partial charge in [0.1, 0.15) is 11.9 Å². The van der Waals surface area contributed by atoms with Gasteiger partial charge in [-0.2, -0.15) is 0 Å². The number of nitrogens with one attached hydrogen (secondary N) is 3. The predicted octanol–water partition coefficient (Wildman–Crippen LogP) is 4.17. The van der Waals surface area contributed by atoms with E-state index in [0.717, 1.165) is 0 Å². The van der Waals surface area contributed by atoms with E-state index in [2.05, 4.69) is 20.6 Å². The van der Waals surface area contributed by atoms with E-state index in [1.54, 1.807) is 68.9 Å². The average Bonchev–Trinajstić information content (AvgIpc) is 3.54. The summed E-state index contributed by atoms with van der Waals surface area (Å²) in [4.78, 5) is 47.0. The number of methoxy groups -OCH3 is 1. The highest BCUT2D eigenvalue weighted by Gasteiger charge is 2.40. The molecule has 10 nitrogen and oxygen atoms in total. The number of hydrogen-bond donors (Lipinski definition) is 3. The van der Waals surface area contributed by atoms with Crippen molar-refractivity contribution in [2.45, 2.75) is 25.5 Å². The first-order valence-corrected chi connectivity index (χ1v) is 11.7. The Hall–Kier alpha value is -3.89. The van der Waals surface area contributed by atoms with Crippen LogP contribution < -0.4 is 10.6 Å². The Morgan fingerprint density at radius 2 is 1.92 bits per heavy atom. The van der Waals surface area contributed by atoms with Gasteiger partial charge < -0.3 is 30.0 Å². The molecule has 1 fully saturated rings. The minimum Gasteiger partial charge on any atom is -0.462 e. The van der Waals surface area contributed by atoms with Crippen molar-refractivity contribution in [2.24, 2.45) is 0 Å². The molecule has 0 saturated carbocycles. The molecule has 1 saturated heterocycles. The number of nitrogens with zero attached hydrogens (tertiary/aromatic N) is 2. The predicted molar refractivity (Wildman–Crippen MR) is 135 cm³/mol. The monoisotopic (exact) mass is 511 g/mol. The molecule has 0 radical (unpaired) electrons. The second-order valence-corrected chi connectivity index (χ2v) is 8.54. The lowest BCUT2D eigenvalue weighted by Crippen LogP contribution is -2.45. The lowest BCUT2D eigenvalue weighted by Gasteiger charge is -2.24. The second-order valence-electron chi connectivity index (χ2n) is 8.11. The van der Waals surface area contributed by atoms with Crippen LogP contribution in [0.1, 0.15) is 23.7 Å². The molecule has 0 aliphatic carbocycles. The molecule has 2 aromatic heterocycles. The first kappa shape index (κ1) is 25.2. The van der Waals surface area contributed by atoms with Crippen molar-refractivity contribution in [3.8, 4) is 11.3 Å². The molecule has 36 heavy (non-hydrogen) atoms. The number of H-pyrrole nitrogens is 1. The zero-order valence-corrected chi connectivity index (χ0v) is 20.5. The van der Waals surface area contributed by atoms with Crippen LogP contribution in [0, 0.1) is 0 Å². The SMILES string of the molecule is CCOC(=O)c1cc[nH]c1-c1ccc(NC(=O)[C@H]2C[C@@H](OC)CN2C(=O)Nc2ccc(Cl)cc2)nc1. The zero-order chi connectivity index (χ0) is 25.7. The van der Waals surface area contributed by atoms with E-state index < -0.39 is 18.0 Å². The van der Waals surface area contributed by atoms with E-state index in [4.69, 9.17) is 21.1 Å². The highest BCUT2D eigenvalue weighted by Crippen LogP contribution is 2.25. The van der Waals surface area contributed by atoms with Gasteiger partial charge in [-0.1, -0.05) is 11.6 Å². The number of esters is 1. The van der Waals surface area contributed by atoms with Crippen LogP contribution in [0.25, 0.3) is 11.3 Å². The molecule has 0 unspecified atom stereocenters. The van der Waals surface area contributed by atoms with Crippen LogP contribution in [-0.4, -0.2) is 65.2 Å². The van der Waals surface area contributed by atoms with Crippen LogP contribution >= 0.6 is 11.6 Å². The Morgan fingerprint density at radius 1 is 1.14 bits per heavy atom. The fourth-order valence-corrected chi connectivity index (χ4v) is 4.11. The fourth-order valence-electron chi connectivity index (χ4n) is 3.98. The van der Waals surface area contributed by atoms with E-state index >= 15 is 0 Å². The zero-order valence-electron chi connectivity index (χ0n) is 19.8. The lowest BCUT2D eigenvalue weighted by molar-refractivity contribution is -0.119. The second kappa shape index (κ2) is 11.2. The van der Waals surface area contributed by atoms with E-state index in [0.29, 0.717) is 39.8 Å². The molecule has 0 bridgehead atoms. The number of likely N-dealkylation sites (tertiary alicyclic amines) is 1. The van der Waals surface area contributed by atoms with Gasteiger partial charge in [0.2, 0.25) is 5.91 Å². The summed E-state index contributed by atoms with van der Waals surface area (Å²) in [5.74, 6) is -0.503. The van der Waals surface area contributed by atoms with Crippen molar-refractivity contribution in [1.82, 2.24) is 14.9 Å². The van der Waals surface area contributed by atoms with Crippen LogP contribution in [0.15, 0.2) is 54.9 Å². The molecule has 3 amide bonds. The Kier molecular flexibility index (Phi) is 7.87. The highest BCUT2D eigenvalue weighted by atomic mass is 35.5. The summed E-state index contributed by atoms with van der Waals surface area (Å²) in [7, 11) is 1.55. The smallest absolute Gasteiger partial charge is 0.340 e. The molecule has 3 aromatic rings. The number of aromatic amines is 1. The van der Waals surface area contributed by atoms with Gasteiger partial charge in [-0.05, 0) is 49.4 Å². The third-order valence-electron chi connectivity index (χ3n) is 5.80. The summed E-state index contributed by atoms with van der Waals surface area (Å²) in [5, 5.41) is 6.11. The van der Waals surface area contributed by atoms with Gasteiger partial charge in [-0.3, -0.25) is 4.79 Å². The third kappa shape index (κ3) is 5.67.